The molecule has 0 radical (unpaired) electrons. The van der Waals surface area contributed by atoms with E-state index in [1.54, 1.807) is 4.57 Å². The molecule has 0 bridgehead atoms. The Morgan fingerprint density at radius 3 is 2.30 bits per heavy atom. The average Bonchev–Trinajstić information content (AvgIpc) is 3.26. The van der Waals surface area contributed by atoms with Gasteiger partial charge in [-0.2, -0.15) is 0 Å². The Morgan fingerprint density at radius 1 is 0.815 bits per heavy atom. The second-order valence-electron chi connectivity index (χ2n) is 6.60. The minimum atomic E-state index is -0.0766. The van der Waals surface area contributed by atoms with Crippen LogP contribution in [0.2, 0.25) is 0 Å². The van der Waals surface area contributed by atoms with Gasteiger partial charge in [0.1, 0.15) is 5.82 Å². The summed E-state index contributed by atoms with van der Waals surface area (Å²) in [5, 5.41) is 1.08. The van der Waals surface area contributed by atoms with Crippen molar-refractivity contribution in [2.45, 2.75) is 0 Å². The summed E-state index contributed by atoms with van der Waals surface area (Å²) >= 11 is 0. The van der Waals surface area contributed by atoms with Gasteiger partial charge in [-0.15, -0.1) is 0 Å². The van der Waals surface area contributed by atoms with E-state index >= 15 is 0 Å². The largest absolute Gasteiger partial charge is 0.350 e. The van der Waals surface area contributed by atoms with Crippen molar-refractivity contribution in [3.63, 3.8) is 0 Å². The summed E-state index contributed by atoms with van der Waals surface area (Å²) in [6.45, 7) is 0. The van der Waals surface area contributed by atoms with Crippen LogP contribution < -0.4 is 0 Å². The molecule has 4 nitrogen and oxygen atoms in total. The molecular formula is C23H17N3O. The van der Waals surface area contributed by atoms with Gasteiger partial charge < -0.3 is 4.57 Å². The standard InChI is InChI=1S/C23H17N3O/c1-25-15-18(17-11-5-7-13-20(17)25)22-24-19-12-6-8-14-21(19)26(22)23(27)16-9-3-2-4-10-16/h2-15H,1H3. The predicted octanol–water partition coefficient (Wildman–Crippen LogP) is 4.88. The van der Waals surface area contributed by atoms with Crippen LogP contribution in [0.5, 0.6) is 0 Å². The zero-order chi connectivity index (χ0) is 18.4. The molecule has 0 aliphatic rings. The van der Waals surface area contributed by atoms with Crippen LogP contribution in [0.15, 0.2) is 85.1 Å². The highest BCUT2D eigenvalue weighted by Crippen LogP contribution is 2.32. The molecule has 4 heteroatoms. The van der Waals surface area contributed by atoms with Crippen molar-refractivity contribution < 1.29 is 4.79 Å². The van der Waals surface area contributed by atoms with Gasteiger partial charge in [-0.3, -0.25) is 9.36 Å². The lowest BCUT2D eigenvalue weighted by atomic mass is 10.1. The Morgan fingerprint density at radius 2 is 1.48 bits per heavy atom. The normalized spacial score (nSPS) is 11.3. The minimum Gasteiger partial charge on any atom is -0.350 e. The van der Waals surface area contributed by atoms with Gasteiger partial charge >= 0.3 is 0 Å². The van der Waals surface area contributed by atoms with Crippen LogP contribution in [0.25, 0.3) is 33.3 Å². The maximum absolute atomic E-state index is 13.4. The fourth-order valence-corrected chi connectivity index (χ4v) is 3.64. The Hall–Kier alpha value is -3.66. The smallest absolute Gasteiger partial charge is 0.264 e. The molecule has 0 amide bonds. The average molecular weight is 351 g/mol. The van der Waals surface area contributed by atoms with Crippen molar-refractivity contribution in [1.82, 2.24) is 14.1 Å². The molecule has 2 aromatic heterocycles. The number of imidazole rings is 1. The molecule has 0 N–H and O–H groups in total. The summed E-state index contributed by atoms with van der Waals surface area (Å²) in [7, 11) is 2.01. The lowest BCUT2D eigenvalue weighted by Gasteiger charge is -2.07. The summed E-state index contributed by atoms with van der Waals surface area (Å²) in [4.78, 5) is 18.2. The molecule has 2 heterocycles. The zero-order valence-electron chi connectivity index (χ0n) is 14.8. The highest BCUT2D eigenvalue weighted by Gasteiger charge is 2.21. The van der Waals surface area contributed by atoms with Gasteiger partial charge in [0.15, 0.2) is 0 Å². The third-order valence-corrected chi connectivity index (χ3v) is 4.92. The number of aryl methyl sites for hydroxylation is 1. The summed E-state index contributed by atoms with van der Waals surface area (Å²) < 4.78 is 3.80. The van der Waals surface area contributed by atoms with Gasteiger partial charge in [-0.25, -0.2) is 4.98 Å². The maximum Gasteiger partial charge on any atom is 0.264 e. The number of aromatic nitrogens is 3. The number of carbonyl (C=O) groups is 1. The fraction of sp³-hybridized carbons (Fsp3) is 0.0435. The van der Waals surface area contributed by atoms with E-state index in [1.807, 2.05) is 80.0 Å². The van der Waals surface area contributed by atoms with Gasteiger partial charge in [0, 0.05) is 35.3 Å². The molecule has 3 aromatic carbocycles. The van der Waals surface area contributed by atoms with Crippen molar-refractivity contribution in [2.24, 2.45) is 7.05 Å². The monoisotopic (exact) mass is 351 g/mol. The molecule has 27 heavy (non-hydrogen) atoms. The number of benzene rings is 3. The quantitative estimate of drug-likeness (QED) is 0.454. The van der Waals surface area contributed by atoms with Crippen molar-refractivity contribution in [2.75, 3.05) is 0 Å². The highest BCUT2D eigenvalue weighted by molar-refractivity contribution is 6.06. The van der Waals surface area contributed by atoms with E-state index in [-0.39, 0.29) is 5.91 Å². The van der Waals surface area contributed by atoms with Crippen molar-refractivity contribution in [1.29, 1.82) is 0 Å². The molecule has 0 fully saturated rings. The SMILES string of the molecule is Cn1cc(-c2nc3ccccc3n2C(=O)c2ccccc2)c2ccccc21. The maximum atomic E-state index is 13.4. The second-order valence-corrected chi connectivity index (χ2v) is 6.60. The van der Waals surface area contributed by atoms with E-state index < -0.39 is 0 Å². The van der Waals surface area contributed by atoms with Crippen LogP contribution in [0.3, 0.4) is 0 Å². The molecule has 5 aromatic rings. The first kappa shape index (κ1) is 15.6. The van der Waals surface area contributed by atoms with Gasteiger partial charge in [0.05, 0.1) is 11.0 Å². The van der Waals surface area contributed by atoms with Crippen molar-refractivity contribution >= 4 is 27.8 Å². The molecule has 0 saturated heterocycles. The van der Waals surface area contributed by atoms with Crippen LogP contribution in [-0.4, -0.2) is 20.0 Å². The van der Waals surface area contributed by atoms with Gasteiger partial charge in [0.25, 0.3) is 5.91 Å². The van der Waals surface area contributed by atoms with E-state index in [4.69, 9.17) is 4.98 Å². The predicted molar refractivity (Wildman–Crippen MR) is 108 cm³/mol. The van der Waals surface area contributed by atoms with E-state index in [1.165, 1.54) is 0 Å². The molecule has 0 unspecified atom stereocenters. The Balaban J connectivity index is 1.84. The van der Waals surface area contributed by atoms with Crippen LogP contribution in [-0.2, 0) is 7.05 Å². The minimum absolute atomic E-state index is 0.0766. The van der Waals surface area contributed by atoms with E-state index in [2.05, 4.69) is 16.7 Å². The van der Waals surface area contributed by atoms with Crippen LogP contribution in [0.1, 0.15) is 10.4 Å². The second kappa shape index (κ2) is 5.95. The first-order chi connectivity index (χ1) is 13.2. The number of hydrogen-bond donors (Lipinski definition) is 0. The van der Waals surface area contributed by atoms with E-state index in [9.17, 15) is 4.79 Å². The topological polar surface area (TPSA) is 39.8 Å². The number of fused-ring (bicyclic) bond motifs is 2. The number of carbonyl (C=O) groups excluding carboxylic acids is 1. The Kier molecular flexibility index (Phi) is 3.44. The van der Waals surface area contributed by atoms with Crippen molar-refractivity contribution in [3.05, 3.63) is 90.6 Å². The third-order valence-electron chi connectivity index (χ3n) is 4.92. The van der Waals surface area contributed by atoms with Crippen molar-refractivity contribution in [3.8, 4) is 11.4 Å². The third kappa shape index (κ3) is 2.38. The number of rotatable bonds is 2. The summed E-state index contributed by atoms with van der Waals surface area (Å²) in [5.74, 6) is 0.592. The van der Waals surface area contributed by atoms with Crippen LogP contribution >= 0.6 is 0 Å². The molecule has 130 valence electrons. The Labute approximate surface area is 156 Å². The van der Waals surface area contributed by atoms with Crippen LogP contribution in [0.4, 0.5) is 0 Å². The summed E-state index contributed by atoms with van der Waals surface area (Å²) in [6, 6.07) is 25.3. The van der Waals surface area contributed by atoms with Gasteiger partial charge in [-0.05, 0) is 30.3 Å². The first-order valence-electron chi connectivity index (χ1n) is 8.86. The van der Waals surface area contributed by atoms with Crippen LogP contribution in [0, 0.1) is 0 Å². The molecule has 0 saturated carbocycles. The van der Waals surface area contributed by atoms with E-state index in [0.29, 0.717) is 11.4 Å². The molecule has 0 aliphatic carbocycles. The van der Waals surface area contributed by atoms with Gasteiger partial charge in [-0.1, -0.05) is 48.5 Å². The molecule has 0 atom stereocenters. The summed E-state index contributed by atoms with van der Waals surface area (Å²) in [6.07, 6.45) is 2.04. The summed E-state index contributed by atoms with van der Waals surface area (Å²) in [5.41, 5.74) is 4.33. The zero-order valence-corrected chi connectivity index (χ0v) is 14.8. The Bertz CT molecular complexity index is 1300. The number of hydrogen-bond acceptors (Lipinski definition) is 2. The first-order valence-corrected chi connectivity index (χ1v) is 8.86. The molecule has 5 rings (SSSR count). The lowest BCUT2D eigenvalue weighted by Crippen LogP contribution is -2.13. The number of nitrogens with zero attached hydrogens (tertiary/aromatic N) is 3. The highest BCUT2D eigenvalue weighted by atomic mass is 16.2. The van der Waals surface area contributed by atoms with Gasteiger partial charge in [0.2, 0.25) is 0 Å². The lowest BCUT2D eigenvalue weighted by molar-refractivity contribution is 0.0966. The molecule has 0 spiro atoms. The number of para-hydroxylation sites is 3. The van der Waals surface area contributed by atoms with E-state index in [0.717, 1.165) is 27.5 Å². The molecule has 0 aliphatic heterocycles. The fourth-order valence-electron chi connectivity index (χ4n) is 3.64. The molecular weight excluding hydrogens is 334 g/mol.